The molecule has 0 aromatic heterocycles. The predicted octanol–water partition coefficient (Wildman–Crippen LogP) is 2.89. The van der Waals surface area contributed by atoms with E-state index in [1.807, 2.05) is 12.1 Å². The Hall–Kier alpha value is -0.830. The molecule has 1 rings (SSSR count). The van der Waals surface area contributed by atoms with Gasteiger partial charge in [-0.2, -0.15) is 0 Å². The predicted molar refractivity (Wildman–Crippen MR) is 106 cm³/mol. The summed E-state index contributed by atoms with van der Waals surface area (Å²) in [7, 11) is 0. The second kappa shape index (κ2) is 12.7. The summed E-state index contributed by atoms with van der Waals surface area (Å²) >= 11 is 3.34. The summed E-state index contributed by atoms with van der Waals surface area (Å²) in [5.74, 6) is 0.406. The summed E-state index contributed by atoms with van der Waals surface area (Å²) in [5.41, 5.74) is 6.36. The Morgan fingerprint density at radius 3 is 2.45 bits per heavy atom. The minimum Gasteiger partial charge on any atom is -0.370 e. The Balaban J connectivity index is 0.00000441. The number of halogens is 2. The number of rotatable bonds is 8. The number of nitrogens with two attached hydrogens (primary N) is 1. The van der Waals surface area contributed by atoms with Gasteiger partial charge in [-0.15, -0.1) is 24.0 Å². The zero-order chi connectivity index (χ0) is 15.5. The standard InChI is InChI=1S/C15H23BrN4O.HI/c1-2-3-9-19-15(17)20-11-4-10-18-14(21)12-5-7-13(16)8-6-12;/h5-8H,2-4,9-11H2,1H3,(H,18,21)(H3,17,19,20);1H. The Labute approximate surface area is 157 Å². The van der Waals surface area contributed by atoms with Crippen LogP contribution in [0.25, 0.3) is 0 Å². The van der Waals surface area contributed by atoms with E-state index in [0.717, 1.165) is 30.3 Å². The number of hydrogen-bond acceptors (Lipinski definition) is 2. The molecule has 124 valence electrons. The number of carbonyl (C=O) groups is 1. The largest absolute Gasteiger partial charge is 0.370 e. The van der Waals surface area contributed by atoms with Crippen LogP contribution in [-0.4, -0.2) is 31.5 Å². The molecule has 1 aromatic carbocycles. The molecule has 0 heterocycles. The summed E-state index contributed by atoms with van der Waals surface area (Å²) in [4.78, 5) is 16.0. The second-order valence-corrected chi connectivity index (χ2v) is 5.58. The van der Waals surface area contributed by atoms with Gasteiger partial charge in [-0.25, -0.2) is 0 Å². The van der Waals surface area contributed by atoms with Gasteiger partial charge in [0.1, 0.15) is 0 Å². The van der Waals surface area contributed by atoms with E-state index in [-0.39, 0.29) is 29.9 Å². The highest BCUT2D eigenvalue weighted by molar-refractivity contribution is 14.0. The molecule has 0 saturated heterocycles. The van der Waals surface area contributed by atoms with Crippen molar-refractivity contribution in [3.05, 3.63) is 34.3 Å². The van der Waals surface area contributed by atoms with Crippen molar-refractivity contribution in [3.8, 4) is 0 Å². The van der Waals surface area contributed by atoms with E-state index >= 15 is 0 Å². The highest BCUT2D eigenvalue weighted by Gasteiger charge is 2.03. The van der Waals surface area contributed by atoms with Crippen molar-refractivity contribution in [1.29, 1.82) is 0 Å². The van der Waals surface area contributed by atoms with Crippen LogP contribution in [0, 0.1) is 0 Å². The van der Waals surface area contributed by atoms with Crippen LogP contribution in [0.1, 0.15) is 36.5 Å². The van der Waals surface area contributed by atoms with E-state index in [1.165, 1.54) is 0 Å². The number of amides is 1. The first-order valence-electron chi connectivity index (χ1n) is 7.21. The van der Waals surface area contributed by atoms with Gasteiger partial charge in [0.15, 0.2) is 5.96 Å². The van der Waals surface area contributed by atoms with Gasteiger partial charge < -0.3 is 16.4 Å². The average Bonchev–Trinajstić information content (AvgIpc) is 2.47. The Morgan fingerprint density at radius 1 is 1.18 bits per heavy atom. The fourth-order valence-corrected chi connectivity index (χ4v) is 1.90. The fourth-order valence-electron chi connectivity index (χ4n) is 1.63. The first-order chi connectivity index (χ1) is 10.1. The van der Waals surface area contributed by atoms with Gasteiger partial charge in [-0.05, 0) is 37.1 Å². The molecule has 0 bridgehead atoms. The topological polar surface area (TPSA) is 79.5 Å². The van der Waals surface area contributed by atoms with Gasteiger partial charge in [0.2, 0.25) is 0 Å². The van der Waals surface area contributed by atoms with Crippen LogP contribution < -0.4 is 16.4 Å². The Kier molecular flexibility index (Phi) is 12.2. The van der Waals surface area contributed by atoms with Crippen LogP contribution in [-0.2, 0) is 0 Å². The highest BCUT2D eigenvalue weighted by Crippen LogP contribution is 2.10. The molecule has 7 heteroatoms. The van der Waals surface area contributed by atoms with Crippen molar-refractivity contribution >= 4 is 51.8 Å². The van der Waals surface area contributed by atoms with E-state index in [0.29, 0.717) is 24.6 Å². The van der Waals surface area contributed by atoms with Crippen molar-refractivity contribution in [3.63, 3.8) is 0 Å². The van der Waals surface area contributed by atoms with E-state index in [1.54, 1.807) is 12.1 Å². The molecule has 0 aliphatic heterocycles. The lowest BCUT2D eigenvalue weighted by atomic mass is 10.2. The number of nitrogens with zero attached hydrogens (tertiary/aromatic N) is 1. The van der Waals surface area contributed by atoms with Crippen molar-refractivity contribution < 1.29 is 4.79 Å². The second-order valence-electron chi connectivity index (χ2n) is 4.66. The molecule has 22 heavy (non-hydrogen) atoms. The van der Waals surface area contributed by atoms with Crippen LogP contribution >= 0.6 is 39.9 Å². The summed E-state index contributed by atoms with van der Waals surface area (Å²) in [6.07, 6.45) is 2.97. The monoisotopic (exact) mass is 482 g/mol. The molecule has 4 N–H and O–H groups in total. The van der Waals surface area contributed by atoms with Crippen molar-refractivity contribution in [2.75, 3.05) is 19.6 Å². The number of carbonyl (C=O) groups excluding carboxylic acids is 1. The first-order valence-corrected chi connectivity index (χ1v) is 8.00. The number of guanidine groups is 1. The third-order valence-corrected chi connectivity index (χ3v) is 3.37. The molecule has 0 aliphatic rings. The van der Waals surface area contributed by atoms with Gasteiger partial charge in [-0.3, -0.25) is 9.79 Å². The SMILES string of the molecule is CCCCNC(N)=NCCCNC(=O)c1ccc(Br)cc1.I. The molecular formula is C15H24BrIN4O. The van der Waals surface area contributed by atoms with Crippen LogP contribution in [0.5, 0.6) is 0 Å². The van der Waals surface area contributed by atoms with E-state index in [2.05, 4.69) is 38.5 Å². The highest BCUT2D eigenvalue weighted by atomic mass is 127. The normalized spacial score (nSPS) is 10.7. The van der Waals surface area contributed by atoms with Crippen LogP contribution in [0.3, 0.4) is 0 Å². The quantitative estimate of drug-likeness (QED) is 0.230. The Bertz CT molecular complexity index is 465. The molecule has 5 nitrogen and oxygen atoms in total. The van der Waals surface area contributed by atoms with Gasteiger partial charge in [0.05, 0.1) is 0 Å². The molecule has 0 radical (unpaired) electrons. The van der Waals surface area contributed by atoms with Crippen LogP contribution in [0.4, 0.5) is 0 Å². The maximum atomic E-state index is 11.8. The average molecular weight is 483 g/mol. The molecule has 0 spiro atoms. The minimum absolute atomic E-state index is 0. The van der Waals surface area contributed by atoms with Gasteiger partial charge >= 0.3 is 0 Å². The summed E-state index contributed by atoms with van der Waals surface area (Å²) < 4.78 is 0.958. The number of aliphatic imine (C=N–C) groups is 1. The summed E-state index contributed by atoms with van der Waals surface area (Å²) in [6, 6.07) is 7.27. The third kappa shape index (κ3) is 9.24. The van der Waals surface area contributed by atoms with Crippen molar-refractivity contribution in [2.24, 2.45) is 10.7 Å². The first kappa shape index (κ1) is 21.2. The maximum absolute atomic E-state index is 11.8. The zero-order valence-corrected chi connectivity index (χ0v) is 16.7. The molecule has 0 saturated carbocycles. The molecule has 0 fully saturated rings. The number of nitrogens with one attached hydrogen (secondary N) is 2. The number of unbranched alkanes of at least 4 members (excludes halogenated alkanes) is 1. The zero-order valence-electron chi connectivity index (χ0n) is 12.8. The molecular weight excluding hydrogens is 459 g/mol. The maximum Gasteiger partial charge on any atom is 0.251 e. The Morgan fingerprint density at radius 2 is 1.82 bits per heavy atom. The molecule has 1 aromatic rings. The summed E-state index contributed by atoms with van der Waals surface area (Å²) in [5, 5.41) is 5.91. The number of benzene rings is 1. The lowest BCUT2D eigenvalue weighted by Gasteiger charge is -2.06. The number of hydrogen-bond donors (Lipinski definition) is 3. The molecule has 0 aliphatic carbocycles. The molecule has 0 unspecified atom stereocenters. The summed E-state index contributed by atoms with van der Waals surface area (Å²) in [6.45, 7) is 4.17. The smallest absolute Gasteiger partial charge is 0.251 e. The molecule has 1 amide bonds. The van der Waals surface area contributed by atoms with E-state index in [9.17, 15) is 4.79 Å². The van der Waals surface area contributed by atoms with Gasteiger partial charge in [-0.1, -0.05) is 29.3 Å². The minimum atomic E-state index is -0.0690. The fraction of sp³-hybridized carbons (Fsp3) is 0.467. The van der Waals surface area contributed by atoms with Crippen molar-refractivity contribution in [1.82, 2.24) is 10.6 Å². The van der Waals surface area contributed by atoms with Gasteiger partial charge in [0.25, 0.3) is 5.91 Å². The van der Waals surface area contributed by atoms with E-state index < -0.39 is 0 Å². The van der Waals surface area contributed by atoms with Crippen LogP contribution in [0.2, 0.25) is 0 Å². The third-order valence-electron chi connectivity index (χ3n) is 2.85. The van der Waals surface area contributed by atoms with Crippen molar-refractivity contribution in [2.45, 2.75) is 26.2 Å². The van der Waals surface area contributed by atoms with E-state index in [4.69, 9.17) is 5.73 Å². The lowest BCUT2D eigenvalue weighted by molar-refractivity contribution is 0.0953. The van der Waals surface area contributed by atoms with Crippen LogP contribution in [0.15, 0.2) is 33.7 Å². The lowest BCUT2D eigenvalue weighted by Crippen LogP contribution is -2.32. The van der Waals surface area contributed by atoms with Gasteiger partial charge in [0, 0.05) is 29.7 Å². The molecule has 0 atom stereocenters.